The SMILES string of the molecule is Cc1nc(C)n([C@H]2CCCN(C(=O)[C@@H](C)N3CCCCCC3)C2)n1. The van der Waals surface area contributed by atoms with Crippen molar-refractivity contribution >= 4 is 5.91 Å². The summed E-state index contributed by atoms with van der Waals surface area (Å²) in [5.41, 5.74) is 0. The first-order valence-corrected chi connectivity index (χ1v) is 9.49. The summed E-state index contributed by atoms with van der Waals surface area (Å²) in [6.45, 7) is 9.78. The summed E-state index contributed by atoms with van der Waals surface area (Å²) < 4.78 is 2.02. The normalized spacial score (nSPS) is 24.6. The Kier molecular flexibility index (Phi) is 5.54. The molecule has 1 amide bonds. The molecule has 3 rings (SSSR count). The Morgan fingerprint density at radius 3 is 2.42 bits per heavy atom. The van der Waals surface area contributed by atoms with E-state index in [0.717, 1.165) is 50.7 Å². The smallest absolute Gasteiger partial charge is 0.239 e. The third-order valence-electron chi connectivity index (χ3n) is 5.51. The van der Waals surface area contributed by atoms with Crippen LogP contribution >= 0.6 is 0 Å². The van der Waals surface area contributed by atoms with Crippen LogP contribution in [0, 0.1) is 13.8 Å². The molecule has 0 aliphatic carbocycles. The van der Waals surface area contributed by atoms with Gasteiger partial charge in [-0.3, -0.25) is 9.69 Å². The van der Waals surface area contributed by atoms with E-state index in [-0.39, 0.29) is 18.0 Å². The highest BCUT2D eigenvalue weighted by molar-refractivity contribution is 5.81. The van der Waals surface area contributed by atoms with Crippen LogP contribution in [0.2, 0.25) is 0 Å². The first-order valence-electron chi connectivity index (χ1n) is 9.49. The summed E-state index contributed by atoms with van der Waals surface area (Å²) in [6, 6.07) is 0.265. The van der Waals surface area contributed by atoms with Crippen LogP contribution in [0.4, 0.5) is 0 Å². The topological polar surface area (TPSA) is 54.3 Å². The van der Waals surface area contributed by atoms with E-state index in [1.165, 1.54) is 25.7 Å². The molecule has 0 aromatic carbocycles. The van der Waals surface area contributed by atoms with Gasteiger partial charge >= 0.3 is 0 Å². The van der Waals surface area contributed by atoms with Gasteiger partial charge in [0, 0.05) is 13.1 Å². The highest BCUT2D eigenvalue weighted by Gasteiger charge is 2.31. The summed E-state index contributed by atoms with van der Waals surface area (Å²) in [7, 11) is 0. The molecule has 2 saturated heterocycles. The third kappa shape index (κ3) is 3.79. The summed E-state index contributed by atoms with van der Waals surface area (Å²) in [5, 5.41) is 4.53. The van der Waals surface area contributed by atoms with Gasteiger partial charge in [-0.15, -0.1) is 0 Å². The monoisotopic (exact) mass is 333 g/mol. The molecule has 1 aromatic heterocycles. The Balaban J connectivity index is 1.65. The number of likely N-dealkylation sites (tertiary alicyclic amines) is 2. The van der Waals surface area contributed by atoms with Crippen LogP contribution in [0.15, 0.2) is 0 Å². The van der Waals surface area contributed by atoms with Crippen LogP contribution in [0.1, 0.15) is 63.1 Å². The van der Waals surface area contributed by atoms with Gasteiger partial charge in [0.1, 0.15) is 11.6 Å². The van der Waals surface area contributed by atoms with Crippen LogP contribution in [0.25, 0.3) is 0 Å². The lowest BCUT2D eigenvalue weighted by molar-refractivity contribution is -0.138. The number of hydrogen-bond acceptors (Lipinski definition) is 4. The van der Waals surface area contributed by atoms with E-state index in [1.54, 1.807) is 0 Å². The summed E-state index contributed by atoms with van der Waals surface area (Å²) in [4.78, 5) is 21.9. The Bertz CT molecular complexity index is 562. The molecule has 134 valence electrons. The Hall–Kier alpha value is -1.43. The molecule has 24 heavy (non-hydrogen) atoms. The first-order chi connectivity index (χ1) is 11.6. The minimum Gasteiger partial charge on any atom is -0.339 e. The van der Waals surface area contributed by atoms with E-state index in [1.807, 2.05) is 18.5 Å². The van der Waals surface area contributed by atoms with Gasteiger partial charge in [0.15, 0.2) is 0 Å². The molecule has 0 bridgehead atoms. The second kappa shape index (κ2) is 7.64. The highest BCUT2D eigenvalue weighted by atomic mass is 16.2. The minimum absolute atomic E-state index is 0.000398. The first kappa shape index (κ1) is 17.4. The second-order valence-corrected chi connectivity index (χ2v) is 7.36. The van der Waals surface area contributed by atoms with Gasteiger partial charge in [-0.1, -0.05) is 12.8 Å². The van der Waals surface area contributed by atoms with Crippen molar-refractivity contribution in [3.8, 4) is 0 Å². The standard InChI is InChI=1S/C18H31N5O/c1-14(21-10-6-4-5-7-11-21)18(24)22-12-8-9-17(13-22)23-16(3)19-15(2)20-23/h14,17H,4-13H2,1-3H3/t14-,17+/m1/s1. The fourth-order valence-electron chi connectivity index (χ4n) is 4.14. The van der Waals surface area contributed by atoms with Crippen molar-refractivity contribution in [3.63, 3.8) is 0 Å². The van der Waals surface area contributed by atoms with Crippen molar-refractivity contribution in [1.82, 2.24) is 24.6 Å². The van der Waals surface area contributed by atoms with Crippen molar-refractivity contribution in [1.29, 1.82) is 0 Å². The molecule has 2 aliphatic heterocycles. The molecule has 0 spiro atoms. The van der Waals surface area contributed by atoms with Crippen LogP contribution < -0.4 is 0 Å². The molecule has 6 nitrogen and oxygen atoms in total. The molecule has 0 unspecified atom stereocenters. The molecule has 2 atom stereocenters. The maximum Gasteiger partial charge on any atom is 0.239 e. The quantitative estimate of drug-likeness (QED) is 0.852. The molecule has 2 aliphatic rings. The van der Waals surface area contributed by atoms with E-state index in [2.05, 4.69) is 26.8 Å². The molecule has 0 radical (unpaired) electrons. The van der Waals surface area contributed by atoms with Crippen molar-refractivity contribution in [2.75, 3.05) is 26.2 Å². The van der Waals surface area contributed by atoms with E-state index in [4.69, 9.17) is 0 Å². The van der Waals surface area contributed by atoms with Crippen LogP contribution in [-0.4, -0.2) is 62.7 Å². The summed E-state index contributed by atoms with van der Waals surface area (Å²) in [5.74, 6) is 2.05. The van der Waals surface area contributed by atoms with Crippen molar-refractivity contribution in [2.45, 2.75) is 71.4 Å². The summed E-state index contributed by atoms with van der Waals surface area (Å²) in [6.07, 6.45) is 7.16. The van der Waals surface area contributed by atoms with E-state index >= 15 is 0 Å². The number of carbonyl (C=O) groups excluding carboxylic acids is 1. The van der Waals surface area contributed by atoms with Crippen LogP contribution in [0.3, 0.4) is 0 Å². The number of aryl methyl sites for hydroxylation is 2. The minimum atomic E-state index is 0.000398. The number of rotatable bonds is 3. The molecule has 0 saturated carbocycles. The average molecular weight is 333 g/mol. The zero-order chi connectivity index (χ0) is 17.1. The predicted octanol–water partition coefficient (Wildman–Crippen LogP) is 2.32. The number of piperidine rings is 1. The molecule has 6 heteroatoms. The maximum atomic E-state index is 13.0. The summed E-state index contributed by atoms with van der Waals surface area (Å²) >= 11 is 0. The van der Waals surface area contributed by atoms with Gasteiger partial charge in [-0.05, 0) is 59.5 Å². The van der Waals surface area contributed by atoms with Gasteiger partial charge < -0.3 is 4.90 Å². The maximum absolute atomic E-state index is 13.0. The number of aromatic nitrogens is 3. The van der Waals surface area contributed by atoms with Gasteiger partial charge in [0.25, 0.3) is 0 Å². The molecular weight excluding hydrogens is 302 g/mol. The van der Waals surface area contributed by atoms with Crippen molar-refractivity contribution < 1.29 is 4.79 Å². The van der Waals surface area contributed by atoms with E-state index in [0.29, 0.717) is 0 Å². The number of carbonyl (C=O) groups is 1. The van der Waals surface area contributed by atoms with Crippen LogP contribution in [0.5, 0.6) is 0 Å². The lowest BCUT2D eigenvalue weighted by atomic mass is 10.0. The fraction of sp³-hybridized carbons (Fsp3) is 0.833. The Morgan fingerprint density at radius 1 is 1.08 bits per heavy atom. The van der Waals surface area contributed by atoms with E-state index < -0.39 is 0 Å². The van der Waals surface area contributed by atoms with Crippen molar-refractivity contribution in [2.24, 2.45) is 0 Å². The third-order valence-corrected chi connectivity index (χ3v) is 5.51. The molecule has 3 heterocycles. The largest absolute Gasteiger partial charge is 0.339 e. The number of amides is 1. The van der Waals surface area contributed by atoms with Gasteiger partial charge in [0.2, 0.25) is 5.91 Å². The Morgan fingerprint density at radius 2 is 1.79 bits per heavy atom. The lowest BCUT2D eigenvalue weighted by Gasteiger charge is -2.37. The van der Waals surface area contributed by atoms with Gasteiger partial charge in [-0.25, -0.2) is 9.67 Å². The number of hydrogen-bond donors (Lipinski definition) is 0. The lowest BCUT2D eigenvalue weighted by Crippen LogP contribution is -2.50. The second-order valence-electron chi connectivity index (χ2n) is 7.36. The van der Waals surface area contributed by atoms with Gasteiger partial charge in [-0.2, -0.15) is 5.10 Å². The molecular formula is C18H31N5O. The van der Waals surface area contributed by atoms with Crippen LogP contribution in [-0.2, 0) is 4.79 Å². The molecule has 0 N–H and O–H groups in total. The molecule has 1 aromatic rings. The predicted molar refractivity (Wildman–Crippen MR) is 93.9 cm³/mol. The number of nitrogens with zero attached hydrogens (tertiary/aromatic N) is 5. The Labute approximate surface area is 145 Å². The van der Waals surface area contributed by atoms with E-state index in [9.17, 15) is 4.79 Å². The molecule has 2 fully saturated rings. The highest BCUT2D eigenvalue weighted by Crippen LogP contribution is 2.23. The van der Waals surface area contributed by atoms with Crippen molar-refractivity contribution in [3.05, 3.63) is 11.6 Å². The fourth-order valence-corrected chi connectivity index (χ4v) is 4.14. The van der Waals surface area contributed by atoms with Gasteiger partial charge in [0.05, 0.1) is 12.1 Å². The average Bonchev–Trinajstić information content (AvgIpc) is 2.80. The zero-order valence-electron chi connectivity index (χ0n) is 15.4. The zero-order valence-corrected chi connectivity index (χ0v) is 15.4.